The topological polar surface area (TPSA) is 48.1 Å². The van der Waals surface area contributed by atoms with Crippen LogP contribution in [-0.4, -0.2) is 12.1 Å². The predicted molar refractivity (Wildman–Crippen MR) is 78.9 cm³/mol. The van der Waals surface area contributed by atoms with Crippen LogP contribution < -0.4 is 5.73 Å². The molecule has 1 heterocycles. The second-order valence-corrected chi connectivity index (χ2v) is 6.00. The summed E-state index contributed by atoms with van der Waals surface area (Å²) >= 11 is 11.0. The molecular weight excluding hydrogens is 336 g/mol. The number of aromatic nitrogens is 1. The van der Waals surface area contributed by atoms with Crippen molar-refractivity contribution < 1.29 is 4.74 Å². The van der Waals surface area contributed by atoms with Gasteiger partial charge in [-0.15, -0.1) is 11.3 Å². The summed E-state index contributed by atoms with van der Waals surface area (Å²) in [5.74, 6) is 0. The molecule has 18 heavy (non-hydrogen) atoms. The van der Waals surface area contributed by atoms with E-state index in [4.69, 9.17) is 22.1 Å². The first-order valence-corrected chi connectivity index (χ1v) is 7.27. The van der Waals surface area contributed by atoms with Crippen LogP contribution in [0.2, 0.25) is 5.02 Å². The molecule has 2 aromatic rings. The molecule has 0 fully saturated rings. The van der Waals surface area contributed by atoms with E-state index in [0.717, 1.165) is 25.6 Å². The van der Waals surface area contributed by atoms with Crippen molar-refractivity contribution in [2.75, 3.05) is 7.11 Å². The van der Waals surface area contributed by atoms with Gasteiger partial charge in [-0.1, -0.05) is 17.7 Å². The van der Waals surface area contributed by atoms with Gasteiger partial charge in [-0.05, 0) is 28.1 Å². The molecule has 0 aliphatic carbocycles. The number of methoxy groups -OCH3 is 1. The van der Waals surface area contributed by atoms with Crippen molar-refractivity contribution in [1.82, 2.24) is 4.98 Å². The summed E-state index contributed by atoms with van der Waals surface area (Å²) in [5.41, 5.74) is 7.64. The molecule has 0 aliphatic rings. The molecule has 2 rings (SSSR count). The van der Waals surface area contributed by atoms with Gasteiger partial charge >= 0.3 is 0 Å². The van der Waals surface area contributed by atoms with Crippen LogP contribution in [0.25, 0.3) is 10.6 Å². The van der Waals surface area contributed by atoms with Crippen molar-refractivity contribution in [2.24, 2.45) is 5.73 Å². The lowest BCUT2D eigenvalue weighted by molar-refractivity contribution is 0.181. The Morgan fingerprint density at radius 3 is 2.89 bits per heavy atom. The number of hydrogen-bond donors (Lipinski definition) is 1. The highest BCUT2D eigenvalue weighted by Gasteiger charge is 2.12. The Kier molecular flexibility index (Phi) is 4.75. The van der Waals surface area contributed by atoms with E-state index in [9.17, 15) is 0 Å². The average Bonchev–Trinajstić information content (AvgIpc) is 2.76. The summed E-state index contributed by atoms with van der Waals surface area (Å²) in [4.78, 5) is 5.62. The van der Waals surface area contributed by atoms with E-state index in [1.165, 1.54) is 0 Å². The van der Waals surface area contributed by atoms with E-state index < -0.39 is 0 Å². The Morgan fingerprint density at radius 2 is 2.28 bits per heavy atom. The normalized spacial score (nSPS) is 10.9. The molecule has 1 aromatic carbocycles. The lowest BCUT2D eigenvalue weighted by atomic mass is 10.2. The first kappa shape index (κ1) is 14.0. The summed E-state index contributed by atoms with van der Waals surface area (Å²) in [5, 5.41) is 1.62. The molecular formula is C12H12BrClN2OS. The Bertz CT molecular complexity index is 559. The van der Waals surface area contributed by atoms with Crippen LogP contribution in [0.4, 0.5) is 0 Å². The Morgan fingerprint density at radius 1 is 1.50 bits per heavy atom. The molecule has 6 heteroatoms. The van der Waals surface area contributed by atoms with Gasteiger partial charge in [0.1, 0.15) is 5.01 Å². The molecule has 0 amide bonds. The minimum Gasteiger partial charge on any atom is -0.378 e. The van der Waals surface area contributed by atoms with Crippen molar-refractivity contribution in [3.05, 3.63) is 38.3 Å². The van der Waals surface area contributed by atoms with Gasteiger partial charge < -0.3 is 10.5 Å². The third-order valence-corrected chi connectivity index (χ3v) is 4.79. The monoisotopic (exact) mass is 346 g/mol. The summed E-state index contributed by atoms with van der Waals surface area (Å²) in [6.07, 6.45) is 0. The largest absolute Gasteiger partial charge is 0.378 e. The van der Waals surface area contributed by atoms with Crippen molar-refractivity contribution in [3.63, 3.8) is 0 Å². The molecule has 0 saturated heterocycles. The fraction of sp³-hybridized carbons (Fsp3) is 0.250. The first-order valence-electron chi connectivity index (χ1n) is 5.28. The van der Waals surface area contributed by atoms with Crippen LogP contribution in [-0.2, 0) is 17.9 Å². The van der Waals surface area contributed by atoms with Gasteiger partial charge in [0, 0.05) is 28.6 Å². The van der Waals surface area contributed by atoms with Crippen LogP contribution in [0.1, 0.15) is 10.6 Å². The number of halogens is 2. The maximum atomic E-state index is 5.98. The summed E-state index contributed by atoms with van der Waals surface area (Å²) in [7, 11) is 1.65. The minimum absolute atomic E-state index is 0.477. The SMILES string of the molecule is COCc1nc(-c2ccc(Cl)c(Br)c2)sc1CN. The van der Waals surface area contributed by atoms with Gasteiger partial charge in [-0.3, -0.25) is 0 Å². The maximum Gasteiger partial charge on any atom is 0.124 e. The molecule has 1 aromatic heterocycles. The number of hydrogen-bond acceptors (Lipinski definition) is 4. The van der Waals surface area contributed by atoms with E-state index in [1.807, 2.05) is 18.2 Å². The molecule has 0 unspecified atom stereocenters. The van der Waals surface area contributed by atoms with Gasteiger partial charge in [-0.25, -0.2) is 4.98 Å². The molecule has 96 valence electrons. The van der Waals surface area contributed by atoms with Crippen molar-refractivity contribution in [1.29, 1.82) is 0 Å². The van der Waals surface area contributed by atoms with Crippen LogP contribution in [0, 0.1) is 0 Å². The highest BCUT2D eigenvalue weighted by molar-refractivity contribution is 9.10. The molecule has 0 radical (unpaired) electrons. The van der Waals surface area contributed by atoms with E-state index in [1.54, 1.807) is 18.4 Å². The van der Waals surface area contributed by atoms with Crippen molar-refractivity contribution in [3.8, 4) is 10.6 Å². The summed E-state index contributed by atoms with van der Waals surface area (Å²) < 4.78 is 5.98. The van der Waals surface area contributed by atoms with Gasteiger partial charge in [0.25, 0.3) is 0 Å². The smallest absolute Gasteiger partial charge is 0.124 e. The summed E-state index contributed by atoms with van der Waals surface area (Å²) in [6, 6.07) is 5.75. The lowest BCUT2D eigenvalue weighted by Gasteiger charge is -1.99. The zero-order valence-corrected chi connectivity index (χ0v) is 12.9. The predicted octanol–water partition coefficient (Wildman–Crippen LogP) is 3.83. The number of nitrogens with two attached hydrogens (primary N) is 1. The van der Waals surface area contributed by atoms with Gasteiger partial charge in [0.2, 0.25) is 0 Å². The number of nitrogens with zero attached hydrogens (tertiary/aromatic N) is 1. The van der Waals surface area contributed by atoms with Crippen LogP contribution >= 0.6 is 38.9 Å². The quantitative estimate of drug-likeness (QED) is 0.914. The van der Waals surface area contributed by atoms with Crippen molar-refractivity contribution in [2.45, 2.75) is 13.2 Å². The number of thiazole rings is 1. The number of benzene rings is 1. The first-order chi connectivity index (χ1) is 8.65. The average molecular weight is 348 g/mol. The molecule has 0 aliphatic heterocycles. The highest BCUT2D eigenvalue weighted by atomic mass is 79.9. The standard InChI is InChI=1S/C12H12BrClN2OS/c1-17-6-10-11(5-15)18-12(16-10)7-2-3-9(14)8(13)4-7/h2-4H,5-6,15H2,1H3. The lowest BCUT2D eigenvalue weighted by Crippen LogP contribution is -1.99. The van der Waals surface area contributed by atoms with Crippen molar-refractivity contribution >= 4 is 38.9 Å². The maximum absolute atomic E-state index is 5.98. The van der Waals surface area contributed by atoms with E-state index in [-0.39, 0.29) is 0 Å². The van der Waals surface area contributed by atoms with E-state index in [2.05, 4.69) is 20.9 Å². The Hall–Kier alpha value is -0.460. The van der Waals surface area contributed by atoms with Gasteiger partial charge in [0.05, 0.1) is 17.3 Å². The second kappa shape index (κ2) is 6.12. The van der Waals surface area contributed by atoms with Crippen LogP contribution in [0.15, 0.2) is 22.7 Å². The van der Waals surface area contributed by atoms with Gasteiger partial charge in [0.15, 0.2) is 0 Å². The Balaban J connectivity index is 2.40. The molecule has 3 nitrogen and oxygen atoms in total. The molecule has 2 N–H and O–H groups in total. The zero-order chi connectivity index (χ0) is 13.1. The second-order valence-electron chi connectivity index (χ2n) is 3.65. The third-order valence-electron chi connectivity index (χ3n) is 2.41. The van der Waals surface area contributed by atoms with Crippen LogP contribution in [0.5, 0.6) is 0 Å². The zero-order valence-electron chi connectivity index (χ0n) is 9.74. The van der Waals surface area contributed by atoms with E-state index in [0.29, 0.717) is 18.2 Å². The third kappa shape index (κ3) is 2.92. The molecule has 0 spiro atoms. The number of rotatable bonds is 4. The highest BCUT2D eigenvalue weighted by Crippen LogP contribution is 2.32. The molecule has 0 saturated carbocycles. The fourth-order valence-electron chi connectivity index (χ4n) is 1.54. The van der Waals surface area contributed by atoms with Crippen LogP contribution in [0.3, 0.4) is 0 Å². The summed E-state index contributed by atoms with van der Waals surface area (Å²) in [6.45, 7) is 0.961. The van der Waals surface area contributed by atoms with E-state index >= 15 is 0 Å². The minimum atomic E-state index is 0.477. The fourth-order valence-corrected chi connectivity index (χ4v) is 2.98. The Labute approximate surface area is 123 Å². The molecule has 0 bridgehead atoms. The van der Waals surface area contributed by atoms with Gasteiger partial charge in [-0.2, -0.15) is 0 Å². The number of ether oxygens (including phenoxy) is 1. The molecule has 0 atom stereocenters.